The van der Waals surface area contributed by atoms with E-state index in [0.717, 1.165) is 11.3 Å². The number of nitrogens with zero attached hydrogens (tertiary/aromatic N) is 2. The van der Waals surface area contributed by atoms with Gasteiger partial charge in [-0.3, -0.25) is 9.54 Å². The van der Waals surface area contributed by atoms with Crippen molar-refractivity contribution in [2.24, 2.45) is 0 Å². The minimum absolute atomic E-state index is 0.715. The highest BCUT2D eigenvalue weighted by atomic mass is 32.2. The molecule has 0 aliphatic carbocycles. The van der Waals surface area contributed by atoms with Crippen LogP contribution in [0.5, 0.6) is 0 Å². The predicted molar refractivity (Wildman–Crippen MR) is 57.2 cm³/mol. The van der Waals surface area contributed by atoms with Gasteiger partial charge in [-0.1, -0.05) is 0 Å². The minimum Gasteiger partial charge on any atom is -0.451 e. The van der Waals surface area contributed by atoms with Crippen LogP contribution in [0.3, 0.4) is 0 Å². The fourth-order valence-corrected chi connectivity index (χ4v) is 0.869. The van der Waals surface area contributed by atoms with Gasteiger partial charge >= 0.3 is 0 Å². The second-order valence-corrected chi connectivity index (χ2v) is 4.31. The summed E-state index contributed by atoms with van der Waals surface area (Å²) in [5, 5.41) is 0. The topological polar surface area (TPSA) is 93.3 Å². The van der Waals surface area contributed by atoms with Crippen molar-refractivity contribution in [2.45, 2.75) is 0 Å². The Bertz CT molecular complexity index is 500. The summed E-state index contributed by atoms with van der Waals surface area (Å²) >= 11 is 0. The van der Waals surface area contributed by atoms with Crippen molar-refractivity contribution in [1.82, 2.24) is 9.97 Å². The van der Waals surface area contributed by atoms with Gasteiger partial charge in [-0.2, -0.15) is 8.42 Å². The zero-order chi connectivity index (χ0) is 12.0. The highest BCUT2D eigenvalue weighted by Gasteiger charge is 1.97. The molecule has 0 bridgehead atoms. The van der Waals surface area contributed by atoms with E-state index in [4.69, 9.17) is 8.97 Å². The Morgan fingerprint density at radius 1 is 1.44 bits per heavy atom. The number of aromatic nitrogens is 2. The van der Waals surface area contributed by atoms with Gasteiger partial charge < -0.3 is 4.42 Å². The first kappa shape index (κ1) is 12.3. The van der Waals surface area contributed by atoms with Crippen LogP contribution in [-0.4, -0.2) is 29.2 Å². The molecule has 16 heavy (non-hydrogen) atoms. The summed E-state index contributed by atoms with van der Waals surface area (Å²) in [6.07, 6.45) is 7.19. The van der Waals surface area contributed by atoms with E-state index in [1.165, 1.54) is 6.39 Å². The lowest BCUT2D eigenvalue weighted by atomic mass is 10.2. The molecule has 0 saturated heterocycles. The summed E-state index contributed by atoms with van der Waals surface area (Å²) in [6.45, 7) is 0. The molecule has 0 saturated carbocycles. The fourth-order valence-electron chi connectivity index (χ4n) is 0.869. The average molecular weight is 242 g/mol. The maximum absolute atomic E-state index is 9.19. The molecule has 0 spiro atoms. The van der Waals surface area contributed by atoms with Crippen LogP contribution in [0.15, 0.2) is 41.6 Å². The summed E-state index contributed by atoms with van der Waals surface area (Å²) in [6, 6.07) is 3.80. The van der Waals surface area contributed by atoms with Gasteiger partial charge in [0.2, 0.25) is 0 Å². The van der Waals surface area contributed by atoms with Crippen molar-refractivity contribution in [3.63, 3.8) is 0 Å². The quantitative estimate of drug-likeness (QED) is 0.756. The van der Waals surface area contributed by atoms with E-state index in [9.17, 15) is 8.42 Å². The van der Waals surface area contributed by atoms with E-state index in [1.807, 2.05) is 12.1 Å². The summed E-state index contributed by atoms with van der Waals surface area (Å²) in [7, 11) is -3.67. The van der Waals surface area contributed by atoms with Crippen LogP contribution in [0, 0.1) is 0 Å². The molecule has 7 heteroatoms. The van der Waals surface area contributed by atoms with Gasteiger partial charge in [-0.25, -0.2) is 4.98 Å². The highest BCUT2D eigenvalue weighted by Crippen LogP contribution is 2.13. The van der Waals surface area contributed by atoms with Crippen molar-refractivity contribution in [3.05, 3.63) is 37.2 Å². The first-order chi connectivity index (χ1) is 7.47. The molecule has 1 N–H and O–H groups in total. The normalized spacial score (nSPS) is 10.4. The van der Waals surface area contributed by atoms with Gasteiger partial charge in [-0.05, 0) is 12.1 Å². The molecule has 86 valence electrons. The second-order valence-electron chi connectivity index (χ2n) is 2.85. The van der Waals surface area contributed by atoms with E-state index >= 15 is 0 Å². The van der Waals surface area contributed by atoms with Crippen molar-refractivity contribution < 1.29 is 17.4 Å². The fraction of sp³-hybridized carbons (Fsp3) is 0.111. The number of pyridine rings is 1. The second kappa shape index (κ2) is 5.38. The molecule has 0 radical (unpaired) electrons. The Kier molecular flexibility index (Phi) is 4.15. The molecule has 0 atom stereocenters. The summed E-state index contributed by atoms with van der Waals surface area (Å²) in [4.78, 5) is 7.94. The van der Waals surface area contributed by atoms with Crippen LogP contribution in [0.2, 0.25) is 0 Å². The molecule has 6 nitrogen and oxygen atoms in total. The Balaban J connectivity index is 0.000000221. The van der Waals surface area contributed by atoms with Crippen molar-refractivity contribution >= 4 is 10.1 Å². The Morgan fingerprint density at radius 2 is 2.12 bits per heavy atom. The number of hydrogen-bond acceptors (Lipinski definition) is 5. The van der Waals surface area contributed by atoms with Gasteiger partial charge in [-0.15, -0.1) is 0 Å². The molecule has 0 aliphatic heterocycles. The van der Waals surface area contributed by atoms with Gasteiger partial charge in [0.15, 0.2) is 6.39 Å². The molecule has 0 unspecified atom stereocenters. The van der Waals surface area contributed by atoms with Crippen LogP contribution in [0.1, 0.15) is 0 Å². The monoisotopic (exact) mass is 242 g/mol. The van der Waals surface area contributed by atoms with Crippen LogP contribution < -0.4 is 0 Å². The largest absolute Gasteiger partial charge is 0.451 e. The Morgan fingerprint density at radius 3 is 2.56 bits per heavy atom. The third kappa shape index (κ3) is 5.23. The summed E-state index contributed by atoms with van der Waals surface area (Å²) in [5.74, 6) is 0. The lowest BCUT2D eigenvalue weighted by Gasteiger charge is -1.90. The van der Waals surface area contributed by atoms with E-state index < -0.39 is 10.1 Å². The molecule has 2 aromatic heterocycles. The van der Waals surface area contributed by atoms with Crippen molar-refractivity contribution in [1.29, 1.82) is 0 Å². The first-order valence-electron chi connectivity index (χ1n) is 4.18. The maximum Gasteiger partial charge on any atom is 0.261 e. The molecule has 2 heterocycles. The van der Waals surface area contributed by atoms with Crippen molar-refractivity contribution in [3.8, 4) is 11.3 Å². The SMILES string of the molecule is CS(=O)(=O)O.c1cncc(-c2cocn2)c1. The predicted octanol–water partition coefficient (Wildman–Crippen LogP) is 1.24. The average Bonchev–Trinajstić information content (AvgIpc) is 2.69. The summed E-state index contributed by atoms with van der Waals surface area (Å²) < 4.78 is 30.7. The van der Waals surface area contributed by atoms with Crippen LogP contribution in [-0.2, 0) is 10.1 Å². The van der Waals surface area contributed by atoms with Crippen LogP contribution in [0.4, 0.5) is 0 Å². The van der Waals surface area contributed by atoms with E-state index in [1.54, 1.807) is 18.7 Å². The molecule has 2 rings (SSSR count). The minimum atomic E-state index is -3.67. The molecular weight excluding hydrogens is 232 g/mol. The molecule has 0 fully saturated rings. The lowest BCUT2D eigenvalue weighted by molar-refractivity contribution is 0.490. The third-order valence-corrected chi connectivity index (χ3v) is 1.39. The maximum atomic E-state index is 9.19. The Labute approximate surface area is 92.7 Å². The highest BCUT2D eigenvalue weighted by molar-refractivity contribution is 7.85. The smallest absolute Gasteiger partial charge is 0.261 e. The lowest BCUT2D eigenvalue weighted by Crippen LogP contribution is -1.88. The molecular formula is C9H10N2O4S. The third-order valence-electron chi connectivity index (χ3n) is 1.39. The van der Waals surface area contributed by atoms with Crippen LogP contribution in [0.25, 0.3) is 11.3 Å². The Hall–Kier alpha value is -1.73. The molecule has 0 amide bonds. The number of hydrogen-bond donors (Lipinski definition) is 1. The zero-order valence-corrected chi connectivity index (χ0v) is 9.26. The molecule has 2 aromatic rings. The van der Waals surface area contributed by atoms with Gasteiger partial charge in [0.05, 0.1) is 6.26 Å². The molecule has 0 aliphatic rings. The van der Waals surface area contributed by atoms with E-state index in [2.05, 4.69) is 9.97 Å². The van der Waals surface area contributed by atoms with Gasteiger partial charge in [0.25, 0.3) is 10.1 Å². The standard InChI is InChI=1S/C8H6N2O.CH4O3S/c1-2-7(4-9-3-1)8-5-11-6-10-8;1-5(2,3)4/h1-6H;1H3,(H,2,3,4). The van der Waals surface area contributed by atoms with E-state index in [0.29, 0.717) is 6.26 Å². The zero-order valence-electron chi connectivity index (χ0n) is 8.44. The van der Waals surface area contributed by atoms with Crippen molar-refractivity contribution in [2.75, 3.05) is 6.26 Å². The van der Waals surface area contributed by atoms with Gasteiger partial charge in [0, 0.05) is 18.0 Å². The number of oxazole rings is 1. The summed E-state index contributed by atoms with van der Waals surface area (Å²) in [5.41, 5.74) is 1.79. The van der Waals surface area contributed by atoms with Crippen LogP contribution >= 0.6 is 0 Å². The van der Waals surface area contributed by atoms with Gasteiger partial charge in [0.1, 0.15) is 12.0 Å². The molecule has 0 aromatic carbocycles. The first-order valence-corrected chi connectivity index (χ1v) is 6.02. The number of rotatable bonds is 1. The van der Waals surface area contributed by atoms with E-state index in [-0.39, 0.29) is 0 Å².